The van der Waals surface area contributed by atoms with E-state index in [1.165, 1.54) is 19.2 Å². The zero-order chi connectivity index (χ0) is 24.7. The second kappa shape index (κ2) is 9.30. The molecule has 1 aliphatic carbocycles. The van der Waals surface area contributed by atoms with Gasteiger partial charge in [0, 0.05) is 24.3 Å². The number of aliphatic hydroxyl groups is 1. The van der Waals surface area contributed by atoms with E-state index >= 15 is 0 Å². The number of aliphatic hydroxyl groups excluding tert-OH is 1. The van der Waals surface area contributed by atoms with Gasteiger partial charge in [0.05, 0.1) is 23.7 Å². The summed E-state index contributed by atoms with van der Waals surface area (Å²) in [4.78, 5) is 39.2. The van der Waals surface area contributed by atoms with Gasteiger partial charge in [0.2, 0.25) is 5.91 Å². The van der Waals surface area contributed by atoms with Crippen LogP contribution in [0.1, 0.15) is 41.4 Å². The number of aromatic nitrogens is 3. The fourth-order valence-electron chi connectivity index (χ4n) is 4.75. The molecular weight excluding hydrogens is 446 g/mol. The molecule has 1 aliphatic heterocycles. The maximum atomic E-state index is 13.4. The molecule has 9 heteroatoms. The van der Waals surface area contributed by atoms with Gasteiger partial charge in [-0.1, -0.05) is 18.6 Å². The van der Waals surface area contributed by atoms with Gasteiger partial charge in [-0.05, 0) is 50.7 Å². The Hall–Kier alpha value is -3.46. The first-order valence-electron chi connectivity index (χ1n) is 12.1. The number of nitrogens with one attached hydrogen (secondary N) is 2. The van der Waals surface area contributed by atoms with Crippen molar-refractivity contribution in [3.05, 3.63) is 41.3 Å². The average Bonchev–Trinajstić information content (AvgIpc) is 3.51. The topological polar surface area (TPSA) is 120 Å². The second-order valence-electron chi connectivity index (χ2n) is 9.84. The summed E-state index contributed by atoms with van der Waals surface area (Å²) in [6, 6.07) is 5.84. The number of aryl methyl sites for hydroxylation is 2. The monoisotopic (exact) mass is 477 g/mol. The second-order valence-corrected chi connectivity index (χ2v) is 9.84. The van der Waals surface area contributed by atoms with Crippen molar-refractivity contribution in [1.29, 1.82) is 0 Å². The molecule has 2 unspecified atom stereocenters. The van der Waals surface area contributed by atoms with Crippen LogP contribution in [-0.2, 0) is 4.79 Å². The molecule has 9 nitrogen and oxygen atoms in total. The molecule has 3 N–H and O–H groups in total. The van der Waals surface area contributed by atoms with Crippen molar-refractivity contribution >= 4 is 22.8 Å². The molecule has 2 atom stereocenters. The molecule has 1 saturated heterocycles. The number of fused-ring (bicyclic) bond motifs is 1. The number of carbonyl (C=O) groups excluding carboxylic acids is 2. The standard InChI is InChI=1S/C26H31N5O4/c1-14-4-7-20(35-12-17-5-6-17)18(8-14)23-25-24(28-13-27-23)22(16(3)29-25)26(34)30-19-10-31(9-15(19)2)21(33)11-32/h4,7-8,13,15,17,19,29,32H,5-6,9-12H2,1-3H3,(H,30,34). The largest absolute Gasteiger partial charge is 0.493 e. The summed E-state index contributed by atoms with van der Waals surface area (Å²) < 4.78 is 6.14. The quantitative estimate of drug-likeness (QED) is 0.481. The minimum atomic E-state index is -0.528. The molecule has 0 radical (unpaired) electrons. The number of nitrogens with zero attached hydrogens (tertiary/aromatic N) is 3. The van der Waals surface area contributed by atoms with Gasteiger partial charge < -0.3 is 25.0 Å². The van der Waals surface area contributed by atoms with Gasteiger partial charge in [-0.2, -0.15) is 0 Å². The number of aromatic amines is 1. The van der Waals surface area contributed by atoms with Crippen molar-refractivity contribution in [2.45, 2.75) is 39.7 Å². The summed E-state index contributed by atoms with van der Waals surface area (Å²) >= 11 is 0. The Morgan fingerprint density at radius 1 is 1.23 bits per heavy atom. The highest BCUT2D eigenvalue weighted by atomic mass is 16.5. The number of likely N-dealkylation sites (tertiary alicyclic amines) is 1. The predicted molar refractivity (Wildman–Crippen MR) is 131 cm³/mol. The van der Waals surface area contributed by atoms with Crippen molar-refractivity contribution < 1.29 is 19.4 Å². The van der Waals surface area contributed by atoms with Crippen molar-refractivity contribution in [3.63, 3.8) is 0 Å². The van der Waals surface area contributed by atoms with E-state index in [9.17, 15) is 9.59 Å². The zero-order valence-corrected chi connectivity index (χ0v) is 20.3. The van der Waals surface area contributed by atoms with Crippen molar-refractivity contribution in [3.8, 4) is 17.0 Å². The van der Waals surface area contributed by atoms with Gasteiger partial charge in [-0.25, -0.2) is 9.97 Å². The average molecular weight is 478 g/mol. The summed E-state index contributed by atoms with van der Waals surface area (Å²) in [5, 5.41) is 12.2. The van der Waals surface area contributed by atoms with E-state index < -0.39 is 6.61 Å². The normalized spacial score (nSPS) is 19.8. The van der Waals surface area contributed by atoms with Crippen LogP contribution in [0.5, 0.6) is 5.75 Å². The minimum absolute atomic E-state index is 0.0728. The Balaban J connectivity index is 1.46. The highest BCUT2D eigenvalue weighted by Crippen LogP contribution is 2.37. The number of carbonyl (C=O) groups is 2. The summed E-state index contributed by atoms with van der Waals surface area (Å²) in [5.74, 6) is 0.895. The Labute approximate surface area is 203 Å². The maximum absolute atomic E-state index is 13.4. The number of amides is 2. The Morgan fingerprint density at radius 3 is 2.77 bits per heavy atom. The molecule has 1 aromatic carbocycles. The van der Waals surface area contributed by atoms with E-state index in [-0.39, 0.29) is 23.8 Å². The molecule has 2 amide bonds. The van der Waals surface area contributed by atoms with Crippen LogP contribution in [0.15, 0.2) is 24.5 Å². The first-order chi connectivity index (χ1) is 16.9. The minimum Gasteiger partial charge on any atom is -0.493 e. The van der Waals surface area contributed by atoms with Crippen molar-refractivity contribution in [2.24, 2.45) is 11.8 Å². The van der Waals surface area contributed by atoms with Gasteiger partial charge in [-0.15, -0.1) is 0 Å². The smallest absolute Gasteiger partial charge is 0.255 e. The van der Waals surface area contributed by atoms with E-state index in [2.05, 4.69) is 20.3 Å². The van der Waals surface area contributed by atoms with E-state index in [1.807, 2.05) is 39.0 Å². The third-order valence-electron chi connectivity index (χ3n) is 6.98. The van der Waals surface area contributed by atoms with E-state index in [0.29, 0.717) is 53.6 Å². The number of hydrogen-bond acceptors (Lipinski definition) is 6. The molecule has 2 fully saturated rings. The van der Waals surface area contributed by atoms with E-state index in [1.54, 1.807) is 4.90 Å². The Morgan fingerprint density at radius 2 is 2.03 bits per heavy atom. The van der Waals surface area contributed by atoms with Crippen LogP contribution in [0.4, 0.5) is 0 Å². The SMILES string of the molecule is Cc1ccc(OCC2CC2)c(-c2ncnc3c(C(=O)NC4CN(C(=O)CO)CC4C)c(C)[nH]c23)c1. The lowest BCUT2D eigenvalue weighted by atomic mass is 10.0. The Bertz CT molecular complexity index is 1280. The highest BCUT2D eigenvalue weighted by molar-refractivity contribution is 6.09. The molecule has 35 heavy (non-hydrogen) atoms. The van der Waals surface area contributed by atoms with Crippen molar-refractivity contribution in [1.82, 2.24) is 25.2 Å². The number of H-pyrrole nitrogens is 1. The number of ether oxygens (including phenoxy) is 1. The van der Waals surface area contributed by atoms with Crippen molar-refractivity contribution in [2.75, 3.05) is 26.3 Å². The van der Waals surface area contributed by atoms with Crippen LogP contribution in [-0.4, -0.2) is 69.1 Å². The zero-order valence-electron chi connectivity index (χ0n) is 20.3. The van der Waals surface area contributed by atoms with Crippen LogP contribution in [0.25, 0.3) is 22.3 Å². The first kappa shape index (κ1) is 23.3. The first-order valence-corrected chi connectivity index (χ1v) is 12.1. The number of benzene rings is 1. The molecule has 1 saturated carbocycles. The molecular formula is C26H31N5O4. The molecule has 184 valence electrons. The fourth-order valence-corrected chi connectivity index (χ4v) is 4.75. The fraction of sp³-hybridized carbons (Fsp3) is 0.462. The van der Waals surface area contributed by atoms with Crippen LogP contribution in [0.3, 0.4) is 0 Å². The molecule has 2 aliphatic rings. The van der Waals surface area contributed by atoms with Crippen LogP contribution < -0.4 is 10.1 Å². The van der Waals surface area contributed by atoms with E-state index in [4.69, 9.17) is 9.84 Å². The number of rotatable bonds is 7. The van der Waals surface area contributed by atoms with Gasteiger partial charge in [0.1, 0.15) is 29.9 Å². The molecule has 2 aromatic heterocycles. The summed E-state index contributed by atoms with van der Waals surface area (Å²) in [5.41, 5.74) is 5.05. The molecule has 5 rings (SSSR count). The molecule has 0 bridgehead atoms. The third-order valence-corrected chi connectivity index (χ3v) is 6.98. The molecule has 0 spiro atoms. The highest BCUT2D eigenvalue weighted by Gasteiger charge is 2.34. The maximum Gasteiger partial charge on any atom is 0.255 e. The van der Waals surface area contributed by atoms with Crippen LogP contribution in [0.2, 0.25) is 0 Å². The summed E-state index contributed by atoms with van der Waals surface area (Å²) in [6.07, 6.45) is 3.89. The van der Waals surface area contributed by atoms with Gasteiger partial charge in [0.25, 0.3) is 5.91 Å². The van der Waals surface area contributed by atoms with Gasteiger partial charge in [0.15, 0.2) is 0 Å². The lowest BCUT2D eigenvalue weighted by Crippen LogP contribution is -2.41. The predicted octanol–water partition coefficient (Wildman–Crippen LogP) is 2.60. The number of hydrogen-bond donors (Lipinski definition) is 3. The summed E-state index contributed by atoms with van der Waals surface area (Å²) in [6.45, 7) is 6.90. The Kier molecular flexibility index (Phi) is 6.19. The third kappa shape index (κ3) is 4.60. The molecule has 3 aromatic rings. The molecule has 3 heterocycles. The van der Waals surface area contributed by atoms with Crippen LogP contribution in [0, 0.1) is 25.7 Å². The summed E-state index contributed by atoms with van der Waals surface area (Å²) in [7, 11) is 0. The van der Waals surface area contributed by atoms with Gasteiger partial charge >= 0.3 is 0 Å². The van der Waals surface area contributed by atoms with E-state index in [0.717, 1.165) is 16.9 Å². The lowest BCUT2D eigenvalue weighted by molar-refractivity contribution is -0.133. The van der Waals surface area contributed by atoms with Crippen LogP contribution >= 0.6 is 0 Å². The lowest BCUT2D eigenvalue weighted by Gasteiger charge is -2.17. The van der Waals surface area contributed by atoms with Gasteiger partial charge in [-0.3, -0.25) is 9.59 Å².